The Morgan fingerprint density at radius 3 is 2.19 bits per heavy atom. The molecule has 0 amide bonds. The van der Waals surface area contributed by atoms with Crippen molar-refractivity contribution in [3.05, 3.63) is 24.0 Å². The molecule has 0 aromatic carbocycles. The van der Waals surface area contributed by atoms with Gasteiger partial charge in [-0.1, -0.05) is 88.6 Å². The zero-order valence-corrected chi connectivity index (χ0v) is 20.0. The molecule has 0 bridgehead atoms. The number of hydrogen-bond acceptors (Lipinski definition) is 4. The number of carboxylic acid groups (broad SMARTS) is 2. The molecule has 1 atom stereocenters. The standard InChI is InChI=1S/C24H40N2O4S/c1-3-4-5-6-7-8-9-10-11-12-13-14-16-20(17-15-18-22(27)28)31-24-25-19-21(23(29)30)26(24)2/h14,16,19-20H,3-13,15,17-18H2,1-2H3,(H,27,28)(H,29,30)/b16-14-. The van der Waals surface area contributed by atoms with E-state index in [0.717, 1.165) is 12.8 Å². The van der Waals surface area contributed by atoms with E-state index in [4.69, 9.17) is 5.11 Å². The zero-order valence-electron chi connectivity index (χ0n) is 19.2. The second-order valence-electron chi connectivity index (χ2n) is 8.13. The molecule has 0 spiro atoms. The molecule has 176 valence electrons. The van der Waals surface area contributed by atoms with Crippen LogP contribution in [0, 0.1) is 0 Å². The highest BCUT2D eigenvalue weighted by Gasteiger charge is 2.16. The van der Waals surface area contributed by atoms with Gasteiger partial charge in [0.15, 0.2) is 5.16 Å². The summed E-state index contributed by atoms with van der Waals surface area (Å²) in [5, 5.41) is 18.8. The maximum absolute atomic E-state index is 11.2. The lowest BCUT2D eigenvalue weighted by Crippen LogP contribution is -2.07. The summed E-state index contributed by atoms with van der Waals surface area (Å²) in [5.41, 5.74) is 0.154. The van der Waals surface area contributed by atoms with Crippen LogP contribution in [0.25, 0.3) is 0 Å². The van der Waals surface area contributed by atoms with Gasteiger partial charge >= 0.3 is 11.9 Å². The fourth-order valence-corrected chi connectivity index (χ4v) is 4.60. The van der Waals surface area contributed by atoms with Crippen LogP contribution in [0.1, 0.15) is 107 Å². The third-order valence-corrected chi connectivity index (χ3v) is 6.66. The number of aliphatic carboxylic acids is 1. The first-order chi connectivity index (χ1) is 15.0. The Morgan fingerprint density at radius 1 is 1.03 bits per heavy atom. The van der Waals surface area contributed by atoms with Crippen molar-refractivity contribution in [2.24, 2.45) is 7.05 Å². The highest BCUT2D eigenvalue weighted by Crippen LogP contribution is 2.27. The Balaban J connectivity index is 2.36. The molecule has 1 unspecified atom stereocenters. The molecule has 0 aliphatic carbocycles. The minimum Gasteiger partial charge on any atom is -0.481 e. The minimum absolute atomic E-state index is 0.0882. The van der Waals surface area contributed by atoms with Crippen LogP contribution in [0.4, 0.5) is 0 Å². The maximum Gasteiger partial charge on any atom is 0.354 e. The number of aromatic nitrogens is 2. The van der Waals surface area contributed by atoms with Crippen LogP contribution in [0.3, 0.4) is 0 Å². The van der Waals surface area contributed by atoms with E-state index in [9.17, 15) is 14.7 Å². The first-order valence-electron chi connectivity index (χ1n) is 11.8. The molecular weight excluding hydrogens is 412 g/mol. The summed E-state index contributed by atoms with van der Waals surface area (Å²) >= 11 is 1.50. The summed E-state index contributed by atoms with van der Waals surface area (Å²) < 4.78 is 1.58. The molecule has 0 saturated heterocycles. The second-order valence-corrected chi connectivity index (χ2v) is 9.34. The lowest BCUT2D eigenvalue weighted by Gasteiger charge is -2.12. The Labute approximate surface area is 191 Å². The summed E-state index contributed by atoms with van der Waals surface area (Å²) in [7, 11) is 1.70. The number of rotatable bonds is 19. The van der Waals surface area contributed by atoms with Gasteiger partial charge in [0.2, 0.25) is 0 Å². The molecule has 1 aromatic rings. The van der Waals surface area contributed by atoms with Gasteiger partial charge in [-0.05, 0) is 25.7 Å². The molecule has 0 radical (unpaired) electrons. The summed E-state index contributed by atoms with van der Waals surface area (Å²) in [6, 6.07) is 0. The summed E-state index contributed by atoms with van der Waals surface area (Å²) in [6.45, 7) is 2.25. The third kappa shape index (κ3) is 12.6. The lowest BCUT2D eigenvalue weighted by atomic mass is 10.1. The van der Waals surface area contributed by atoms with Crippen LogP contribution >= 0.6 is 11.8 Å². The van der Waals surface area contributed by atoms with Crippen LogP contribution in [0.5, 0.6) is 0 Å². The Hall–Kier alpha value is -1.76. The van der Waals surface area contributed by atoms with Crippen molar-refractivity contribution in [1.29, 1.82) is 0 Å². The Bertz CT molecular complexity index is 673. The summed E-state index contributed by atoms with van der Waals surface area (Å²) in [4.78, 5) is 26.3. The Morgan fingerprint density at radius 2 is 1.65 bits per heavy atom. The topological polar surface area (TPSA) is 92.4 Å². The molecule has 6 nitrogen and oxygen atoms in total. The van der Waals surface area contributed by atoms with E-state index in [2.05, 4.69) is 24.1 Å². The molecule has 0 saturated carbocycles. The van der Waals surface area contributed by atoms with Gasteiger partial charge in [0.1, 0.15) is 5.69 Å². The van der Waals surface area contributed by atoms with Crippen LogP contribution in [-0.4, -0.2) is 37.0 Å². The van der Waals surface area contributed by atoms with Crippen molar-refractivity contribution in [3.63, 3.8) is 0 Å². The van der Waals surface area contributed by atoms with Gasteiger partial charge in [-0.15, -0.1) is 0 Å². The van der Waals surface area contributed by atoms with Crippen LogP contribution in [-0.2, 0) is 11.8 Å². The number of carboxylic acids is 2. The van der Waals surface area contributed by atoms with E-state index in [1.807, 2.05) is 0 Å². The number of aromatic carboxylic acids is 1. The average Bonchev–Trinajstić information content (AvgIpc) is 3.08. The SMILES string of the molecule is CCCCCCCCCCCC/C=C\C(CCCC(=O)O)Sc1ncc(C(=O)O)n1C. The molecule has 0 aliphatic rings. The average molecular weight is 453 g/mol. The van der Waals surface area contributed by atoms with Crippen molar-refractivity contribution < 1.29 is 19.8 Å². The highest BCUT2D eigenvalue weighted by molar-refractivity contribution is 7.99. The smallest absolute Gasteiger partial charge is 0.354 e. The fourth-order valence-electron chi connectivity index (χ4n) is 3.48. The van der Waals surface area contributed by atoms with Gasteiger partial charge < -0.3 is 14.8 Å². The van der Waals surface area contributed by atoms with E-state index in [-0.39, 0.29) is 17.4 Å². The van der Waals surface area contributed by atoms with E-state index >= 15 is 0 Å². The number of unbranched alkanes of at least 4 members (excludes halogenated alkanes) is 10. The monoisotopic (exact) mass is 452 g/mol. The molecule has 0 fully saturated rings. The molecule has 31 heavy (non-hydrogen) atoms. The van der Waals surface area contributed by atoms with Crippen LogP contribution in [0.15, 0.2) is 23.5 Å². The predicted octanol–water partition coefficient (Wildman–Crippen LogP) is 6.70. The number of allylic oxidation sites excluding steroid dienone is 1. The maximum atomic E-state index is 11.2. The van der Waals surface area contributed by atoms with Crippen molar-refractivity contribution in [3.8, 4) is 0 Å². The third-order valence-electron chi connectivity index (χ3n) is 5.38. The zero-order chi connectivity index (χ0) is 22.9. The summed E-state index contributed by atoms with van der Waals surface area (Å²) in [6.07, 6.45) is 21.3. The number of hydrogen-bond donors (Lipinski definition) is 2. The highest BCUT2D eigenvalue weighted by atomic mass is 32.2. The largest absolute Gasteiger partial charge is 0.481 e. The van der Waals surface area contributed by atoms with Gasteiger partial charge in [-0.3, -0.25) is 4.79 Å². The quantitative estimate of drug-likeness (QED) is 0.138. The lowest BCUT2D eigenvalue weighted by molar-refractivity contribution is -0.137. The van der Waals surface area contributed by atoms with Crippen molar-refractivity contribution in [1.82, 2.24) is 9.55 Å². The normalized spacial score (nSPS) is 12.5. The molecular formula is C24H40N2O4S. The Kier molecular flexibility index (Phi) is 14.8. The molecule has 0 aliphatic heterocycles. The van der Waals surface area contributed by atoms with Crippen molar-refractivity contribution in [2.75, 3.05) is 0 Å². The van der Waals surface area contributed by atoms with Gasteiger partial charge in [-0.2, -0.15) is 0 Å². The van der Waals surface area contributed by atoms with E-state index in [0.29, 0.717) is 11.6 Å². The number of thioether (sulfide) groups is 1. The minimum atomic E-state index is -0.999. The van der Waals surface area contributed by atoms with E-state index in [1.165, 1.54) is 82.2 Å². The first-order valence-corrected chi connectivity index (χ1v) is 12.6. The van der Waals surface area contributed by atoms with E-state index < -0.39 is 11.9 Å². The summed E-state index contributed by atoms with van der Waals surface area (Å²) in [5.74, 6) is -1.79. The van der Waals surface area contributed by atoms with Gasteiger partial charge in [-0.25, -0.2) is 9.78 Å². The van der Waals surface area contributed by atoms with E-state index in [1.54, 1.807) is 11.6 Å². The molecule has 1 heterocycles. The number of carbonyl (C=O) groups is 2. The molecule has 1 rings (SSSR count). The first kappa shape index (κ1) is 27.3. The fraction of sp³-hybridized carbons (Fsp3) is 0.708. The predicted molar refractivity (Wildman–Crippen MR) is 127 cm³/mol. The molecule has 2 N–H and O–H groups in total. The molecule has 1 aromatic heterocycles. The number of imidazole rings is 1. The molecule has 7 heteroatoms. The second kappa shape index (κ2) is 16.9. The van der Waals surface area contributed by atoms with Crippen molar-refractivity contribution >= 4 is 23.7 Å². The van der Waals surface area contributed by atoms with Crippen molar-refractivity contribution in [2.45, 2.75) is 107 Å². The van der Waals surface area contributed by atoms with Crippen LogP contribution < -0.4 is 0 Å². The van der Waals surface area contributed by atoms with Crippen LogP contribution in [0.2, 0.25) is 0 Å². The van der Waals surface area contributed by atoms with Gasteiger partial charge in [0.05, 0.1) is 6.20 Å². The van der Waals surface area contributed by atoms with Gasteiger partial charge in [0.25, 0.3) is 0 Å². The van der Waals surface area contributed by atoms with Gasteiger partial charge in [0, 0.05) is 18.7 Å². The number of nitrogens with zero attached hydrogens (tertiary/aromatic N) is 2.